The molecule has 29 heavy (non-hydrogen) atoms. The monoisotopic (exact) mass is 398 g/mol. The minimum Gasteiger partial charge on any atom is -0.379 e. The zero-order valence-corrected chi connectivity index (χ0v) is 16.9. The van der Waals surface area contributed by atoms with Crippen LogP contribution in [0.15, 0.2) is 36.5 Å². The number of morpholine rings is 1. The lowest BCUT2D eigenvalue weighted by Gasteiger charge is -2.31. The Balaban J connectivity index is 1.18. The van der Waals surface area contributed by atoms with E-state index < -0.39 is 0 Å². The van der Waals surface area contributed by atoms with Gasteiger partial charge in [0, 0.05) is 52.0 Å². The van der Waals surface area contributed by atoms with Crippen molar-refractivity contribution in [2.45, 2.75) is 32.5 Å². The molecule has 2 amide bonds. The minimum atomic E-state index is 0.0286. The van der Waals surface area contributed by atoms with E-state index in [1.807, 2.05) is 39.9 Å². The number of urea groups is 1. The van der Waals surface area contributed by atoms with Gasteiger partial charge in [0.15, 0.2) is 0 Å². The number of carbonyl (C=O) groups is 1. The largest absolute Gasteiger partial charge is 0.379 e. The molecule has 4 rings (SSSR count). The lowest BCUT2D eigenvalue weighted by molar-refractivity contribution is 0.0336. The van der Waals surface area contributed by atoms with Crippen LogP contribution in [0.4, 0.5) is 4.79 Å². The van der Waals surface area contributed by atoms with Crippen molar-refractivity contribution < 1.29 is 9.53 Å². The number of rotatable bonds is 6. The topological polar surface area (TPSA) is 75.5 Å². The first-order chi connectivity index (χ1) is 14.3. The lowest BCUT2D eigenvalue weighted by atomic mass is 9.97. The first-order valence-corrected chi connectivity index (χ1v) is 10.5. The molecule has 2 aliphatic heterocycles. The van der Waals surface area contributed by atoms with Crippen molar-refractivity contribution in [3.63, 3.8) is 0 Å². The molecule has 0 radical (unpaired) electrons. The van der Waals surface area contributed by atoms with Crippen LogP contribution in [0.25, 0.3) is 0 Å². The number of ether oxygens (including phenoxy) is 1. The maximum absolute atomic E-state index is 12.4. The Bertz CT molecular complexity index is 766. The standard InChI is InChI=1S/C21H30N6O2/c28-21(22-14-18-4-2-1-3-5-18)26-8-6-19(7-9-26)15-27-17-20(23-24-27)16-25-10-12-29-13-11-25/h1-5,17,19H,6-16H2,(H,22,28). The molecule has 0 atom stereocenters. The predicted octanol–water partition coefficient (Wildman–Crippen LogP) is 1.73. The first kappa shape index (κ1) is 19.8. The number of benzene rings is 1. The van der Waals surface area contributed by atoms with Crippen molar-refractivity contribution in [1.29, 1.82) is 0 Å². The highest BCUT2D eigenvalue weighted by Gasteiger charge is 2.23. The molecule has 8 heteroatoms. The van der Waals surface area contributed by atoms with Crippen LogP contribution in [0.1, 0.15) is 24.1 Å². The number of aromatic nitrogens is 3. The molecule has 0 aliphatic carbocycles. The number of hydrogen-bond acceptors (Lipinski definition) is 5. The molecule has 1 aromatic heterocycles. The van der Waals surface area contributed by atoms with Crippen molar-refractivity contribution >= 4 is 6.03 Å². The van der Waals surface area contributed by atoms with Crippen molar-refractivity contribution in [2.24, 2.45) is 5.92 Å². The summed E-state index contributed by atoms with van der Waals surface area (Å²) in [5.41, 5.74) is 2.14. The van der Waals surface area contributed by atoms with E-state index in [1.54, 1.807) is 0 Å². The summed E-state index contributed by atoms with van der Waals surface area (Å²) in [5.74, 6) is 0.533. The van der Waals surface area contributed by atoms with E-state index in [1.165, 1.54) is 0 Å². The van der Waals surface area contributed by atoms with E-state index in [4.69, 9.17) is 4.74 Å². The summed E-state index contributed by atoms with van der Waals surface area (Å²) >= 11 is 0. The molecule has 0 saturated carbocycles. The number of nitrogens with zero attached hydrogens (tertiary/aromatic N) is 5. The number of nitrogens with one attached hydrogen (secondary N) is 1. The second-order valence-electron chi connectivity index (χ2n) is 7.90. The van der Waals surface area contributed by atoms with E-state index >= 15 is 0 Å². The van der Waals surface area contributed by atoms with E-state index in [0.29, 0.717) is 12.5 Å². The lowest BCUT2D eigenvalue weighted by Crippen LogP contribution is -2.44. The number of likely N-dealkylation sites (tertiary alicyclic amines) is 1. The summed E-state index contributed by atoms with van der Waals surface area (Å²) < 4.78 is 7.35. The molecule has 0 unspecified atom stereocenters. The predicted molar refractivity (Wildman–Crippen MR) is 109 cm³/mol. The third-order valence-electron chi connectivity index (χ3n) is 5.71. The summed E-state index contributed by atoms with van der Waals surface area (Å²) in [6.07, 6.45) is 4.06. The Hall–Kier alpha value is -2.45. The Kier molecular flexibility index (Phi) is 6.74. The molecule has 2 aromatic rings. The first-order valence-electron chi connectivity index (χ1n) is 10.5. The molecule has 2 fully saturated rings. The van der Waals surface area contributed by atoms with Gasteiger partial charge in [0.2, 0.25) is 0 Å². The van der Waals surface area contributed by atoms with Gasteiger partial charge in [-0.15, -0.1) is 5.10 Å². The van der Waals surface area contributed by atoms with Gasteiger partial charge < -0.3 is 15.0 Å². The van der Waals surface area contributed by atoms with Crippen molar-refractivity contribution in [2.75, 3.05) is 39.4 Å². The maximum Gasteiger partial charge on any atom is 0.317 e. The molecule has 0 spiro atoms. The highest BCUT2D eigenvalue weighted by molar-refractivity contribution is 5.74. The fourth-order valence-electron chi connectivity index (χ4n) is 3.96. The number of carbonyl (C=O) groups excluding carboxylic acids is 1. The third kappa shape index (κ3) is 5.77. The van der Waals surface area contributed by atoms with E-state index in [9.17, 15) is 4.79 Å². The Labute approximate surface area is 171 Å². The minimum absolute atomic E-state index is 0.0286. The number of hydrogen-bond donors (Lipinski definition) is 1. The normalized spacial score (nSPS) is 18.7. The fraction of sp³-hybridized carbons (Fsp3) is 0.571. The zero-order chi connectivity index (χ0) is 19.9. The van der Waals surface area contributed by atoms with Crippen LogP contribution in [0.3, 0.4) is 0 Å². The van der Waals surface area contributed by atoms with Crippen LogP contribution in [0.2, 0.25) is 0 Å². The summed E-state index contributed by atoms with van der Waals surface area (Å²) in [5, 5.41) is 11.7. The highest BCUT2D eigenvalue weighted by atomic mass is 16.5. The van der Waals surface area contributed by atoms with Crippen molar-refractivity contribution in [1.82, 2.24) is 30.1 Å². The van der Waals surface area contributed by atoms with E-state index in [0.717, 1.165) is 76.6 Å². The second kappa shape index (κ2) is 9.84. The van der Waals surface area contributed by atoms with Crippen LogP contribution < -0.4 is 5.32 Å². The van der Waals surface area contributed by atoms with Gasteiger partial charge in [-0.05, 0) is 24.3 Å². The van der Waals surface area contributed by atoms with Gasteiger partial charge in [0.25, 0.3) is 0 Å². The van der Waals surface area contributed by atoms with Gasteiger partial charge in [0.05, 0.1) is 18.9 Å². The van der Waals surface area contributed by atoms with Gasteiger partial charge in [0.1, 0.15) is 0 Å². The zero-order valence-electron chi connectivity index (χ0n) is 16.9. The van der Waals surface area contributed by atoms with E-state index in [-0.39, 0.29) is 6.03 Å². The van der Waals surface area contributed by atoms with Crippen LogP contribution in [-0.4, -0.2) is 70.2 Å². The number of piperidine rings is 1. The van der Waals surface area contributed by atoms with Crippen LogP contribution in [-0.2, 0) is 24.4 Å². The second-order valence-corrected chi connectivity index (χ2v) is 7.90. The van der Waals surface area contributed by atoms with Crippen LogP contribution >= 0.6 is 0 Å². The van der Waals surface area contributed by atoms with Gasteiger partial charge in [-0.3, -0.25) is 9.58 Å². The SMILES string of the molecule is O=C(NCc1ccccc1)N1CCC(Cn2cc(CN3CCOCC3)nn2)CC1. The maximum atomic E-state index is 12.4. The number of amides is 2. The molecule has 156 valence electrons. The van der Waals surface area contributed by atoms with Crippen molar-refractivity contribution in [3.8, 4) is 0 Å². The molecular weight excluding hydrogens is 368 g/mol. The van der Waals surface area contributed by atoms with Gasteiger partial charge in [-0.1, -0.05) is 35.5 Å². The quantitative estimate of drug-likeness (QED) is 0.802. The van der Waals surface area contributed by atoms with Crippen LogP contribution in [0.5, 0.6) is 0 Å². The summed E-state index contributed by atoms with van der Waals surface area (Å²) in [7, 11) is 0. The van der Waals surface area contributed by atoms with Gasteiger partial charge in [-0.25, -0.2) is 4.79 Å². The fourth-order valence-corrected chi connectivity index (χ4v) is 3.96. The molecular formula is C21H30N6O2. The molecule has 1 aromatic carbocycles. The van der Waals surface area contributed by atoms with E-state index in [2.05, 4.69) is 26.7 Å². The molecule has 1 N–H and O–H groups in total. The molecule has 2 saturated heterocycles. The van der Waals surface area contributed by atoms with Gasteiger partial charge >= 0.3 is 6.03 Å². The summed E-state index contributed by atoms with van der Waals surface area (Å²) in [6, 6.07) is 10.0. The Morgan fingerprint density at radius 2 is 1.86 bits per heavy atom. The average Bonchev–Trinajstić information content (AvgIpc) is 3.20. The summed E-state index contributed by atoms with van der Waals surface area (Å²) in [6.45, 7) is 7.37. The highest BCUT2D eigenvalue weighted by Crippen LogP contribution is 2.19. The smallest absolute Gasteiger partial charge is 0.317 e. The Morgan fingerprint density at radius 1 is 1.10 bits per heavy atom. The summed E-state index contributed by atoms with van der Waals surface area (Å²) in [4.78, 5) is 16.7. The van der Waals surface area contributed by atoms with Crippen LogP contribution in [0, 0.1) is 5.92 Å². The molecule has 0 bridgehead atoms. The third-order valence-corrected chi connectivity index (χ3v) is 5.71. The molecule has 8 nitrogen and oxygen atoms in total. The Morgan fingerprint density at radius 3 is 2.62 bits per heavy atom. The van der Waals surface area contributed by atoms with Gasteiger partial charge in [-0.2, -0.15) is 0 Å². The average molecular weight is 399 g/mol. The van der Waals surface area contributed by atoms with Crippen molar-refractivity contribution in [3.05, 3.63) is 47.8 Å². The molecule has 2 aliphatic rings. The molecule has 3 heterocycles.